The largest absolute Gasteiger partial charge is 0.342 e. The van der Waals surface area contributed by atoms with Crippen LogP contribution in [0, 0.1) is 0 Å². The highest BCUT2D eigenvalue weighted by Gasteiger charge is 2.25. The van der Waals surface area contributed by atoms with Crippen LogP contribution in [0.25, 0.3) is 16.3 Å². The summed E-state index contributed by atoms with van der Waals surface area (Å²) in [6.45, 7) is 3.73. The minimum atomic E-state index is -3.73. The molecule has 0 atom stereocenters. The maximum Gasteiger partial charge on any atom is 0.261 e. The fourth-order valence-electron chi connectivity index (χ4n) is 4.72. The van der Waals surface area contributed by atoms with Crippen molar-refractivity contribution in [3.05, 3.63) is 77.4 Å². The molecule has 0 radical (unpaired) electrons. The number of allylic oxidation sites excluding steroid dienone is 1. The minimum Gasteiger partial charge on any atom is -0.342 e. The second kappa shape index (κ2) is 8.10. The number of carbonyl (C=O) groups excluding carboxylic acids is 1. The highest BCUT2D eigenvalue weighted by Crippen LogP contribution is 2.37. The van der Waals surface area contributed by atoms with Crippen LogP contribution in [0.3, 0.4) is 0 Å². The molecule has 1 amide bonds. The Hall–Kier alpha value is -3.12. The predicted molar refractivity (Wildman–Crippen MR) is 128 cm³/mol. The molecule has 1 heterocycles. The molecule has 0 saturated carbocycles. The molecule has 1 aliphatic heterocycles. The van der Waals surface area contributed by atoms with Crippen LogP contribution >= 0.6 is 0 Å². The number of likely N-dealkylation sites (tertiary alicyclic amines) is 1. The number of hydrogen-bond acceptors (Lipinski definition) is 3. The minimum absolute atomic E-state index is 0.159. The average Bonchev–Trinajstić information content (AvgIpc) is 3.42. The van der Waals surface area contributed by atoms with Crippen molar-refractivity contribution < 1.29 is 13.2 Å². The van der Waals surface area contributed by atoms with Gasteiger partial charge in [-0.2, -0.15) is 0 Å². The average molecular weight is 447 g/mol. The third-order valence-electron chi connectivity index (χ3n) is 6.48. The van der Waals surface area contributed by atoms with Gasteiger partial charge in [0.1, 0.15) is 0 Å². The lowest BCUT2D eigenvalue weighted by atomic mass is 10.0. The third-order valence-corrected chi connectivity index (χ3v) is 7.85. The first-order chi connectivity index (χ1) is 15.4. The van der Waals surface area contributed by atoms with Gasteiger partial charge in [-0.1, -0.05) is 42.0 Å². The summed E-state index contributed by atoms with van der Waals surface area (Å²) in [4.78, 5) is 14.9. The van der Waals surface area contributed by atoms with Crippen molar-refractivity contribution in [2.45, 2.75) is 37.5 Å². The molecule has 1 aliphatic carbocycles. The smallest absolute Gasteiger partial charge is 0.261 e. The van der Waals surface area contributed by atoms with Crippen molar-refractivity contribution in [1.82, 2.24) is 4.90 Å². The van der Waals surface area contributed by atoms with Gasteiger partial charge in [0.25, 0.3) is 10.0 Å². The lowest BCUT2D eigenvalue weighted by Crippen LogP contribution is -2.27. The van der Waals surface area contributed by atoms with E-state index in [1.807, 2.05) is 47.4 Å². The number of anilines is 1. The van der Waals surface area contributed by atoms with Crippen molar-refractivity contribution >= 4 is 38.0 Å². The quantitative estimate of drug-likeness (QED) is 0.601. The van der Waals surface area contributed by atoms with Crippen molar-refractivity contribution in [3.63, 3.8) is 0 Å². The first-order valence-corrected chi connectivity index (χ1v) is 12.5. The van der Waals surface area contributed by atoms with Gasteiger partial charge < -0.3 is 4.90 Å². The summed E-state index contributed by atoms with van der Waals surface area (Å²) in [5.41, 5.74) is 4.84. The number of benzene rings is 3. The number of carbonyl (C=O) groups is 1. The summed E-state index contributed by atoms with van der Waals surface area (Å²) in [5.74, 6) is 0.159. The molecule has 1 N–H and O–H groups in total. The topological polar surface area (TPSA) is 66.5 Å². The first kappa shape index (κ1) is 20.8. The van der Waals surface area contributed by atoms with E-state index in [0.29, 0.717) is 12.1 Å². The molecule has 0 aromatic heterocycles. The second-order valence-electron chi connectivity index (χ2n) is 8.69. The standard InChI is InChI=1S/C26H26N2O3S/c1-18-14-21-8-10-22(16-25(21)24(18)17-26(29)28-12-4-5-13-28)27-32(30,31)23-11-9-19-6-2-3-7-20(19)15-23/h2-3,6-11,15-16,27H,4-5,12-14,17H2,1H3. The molecule has 32 heavy (non-hydrogen) atoms. The van der Waals surface area contributed by atoms with Gasteiger partial charge in [-0.3, -0.25) is 9.52 Å². The van der Waals surface area contributed by atoms with Crippen molar-refractivity contribution in [2.24, 2.45) is 0 Å². The van der Waals surface area contributed by atoms with Crippen LogP contribution in [0.1, 0.15) is 37.3 Å². The zero-order valence-corrected chi connectivity index (χ0v) is 18.9. The molecule has 3 aromatic carbocycles. The van der Waals surface area contributed by atoms with Gasteiger partial charge in [-0.15, -0.1) is 0 Å². The molecule has 3 aromatic rings. The second-order valence-corrected chi connectivity index (χ2v) is 10.4. The van der Waals surface area contributed by atoms with E-state index in [1.165, 1.54) is 5.57 Å². The van der Waals surface area contributed by atoms with Crippen molar-refractivity contribution in [1.29, 1.82) is 0 Å². The maximum absolute atomic E-state index is 13.1. The van der Waals surface area contributed by atoms with E-state index < -0.39 is 10.0 Å². The number of nitrogens with one attached hydrogen (secondary N) is 1. The van der Waals surface area contributed by atoms with Crippen LogP contribution in [0.4, 0.5) is 5.69 Å². The Kier molecular flexibility index (Phi) is 5.25. The summed E-state index contributed by atoms with van der Waals surface area (Å²) >= 11 is 0. The Balaban J connectivity index is 1.41. The number of nitrogens with zero attached hydrogens (tertiary/aromatic N) is 1. The molecule has 0 spiro atoms. The van der Waals surface area contributed by atoms with E-state index in [0.717, 1.165) is 59.8 Å². The molecule has 1 fully saturated rings. The summed E-state index contributed by atoms with van der Waals surface area (Å²) in [6.07, 6.45) is 3.32. The Labute approximate surface area is 188 Å². The Bertz CT molecular complexity index is 1350. The molecule has 1 saturated heterocycles. The van der Waals surface area contributed by atoms with Crippen molar-refractivity contribution in [3.8, 4) is 0 Å². The van der Waals surface area contributed by atoms with E-state index in [1.54, 1.807) is 18.2 Å². The lowest BCUT2D eigenvalue weighted by Gasteiger charge is -2.17. The molecule has 5 rings (SSSR count). The van der Waals surface area contributed by atoms with Crippen molar-refractivity contribution in [2.75, 3.05) is 17.8 Å². The number of hydrogen-bond donors (Lipinski definition) is 1. The van der Waals surface area contributed by atoms with E-state index in [-0.39, 0.29) is 10.8 Å². The number of rotatable bonds is 5. The number of amides is 1. The summed E-state index contributed by atoms with van der Waals surface area (Å²) in [7, 11) is -3.73. The highest BCUT2D eigenvalue weighted by atomic mass is 32.2. The lowest BCUT2D eigenvalue weighted by molar-refractivity contribution is -0.128. The summed E-state index contributed by atoms with van der Waals surface area (Å²) in [6, 6.07) is 18.5. The van der Waals surface area contributed by atoms with Crippen LogP contribution in [0.5, 0.6) is 0 Å². The molecule has 2 aliphatic rings. The SMILES string of the molecule is CC1=C(CC(=O)N2CCCC2)c2cc(NS(=O)(=O)c3ccc4ccccc4c3)ccc2C1. The van der Waals surface area contributed by atoms with Crippen LogP contribution in [-0.2, 0) is 21.2 Å². The highest BCUT2D eigenvalue weighted by molar-refractivity contribution is 7.92. The fourth-order valence-corrected chi connectivity index (χ4v) is 5.81. The van der Waals surface area contributed by atoms with Gasteiger partial charge in [-0.05, 0) is 77.9 Å². The Morgan fingerprint density at radius 2 is 1.72 bits per heavy atom. The molecule has 5 nitrogen and oxygen atoms in total. The zero-order chi connectivity index (χ0) is 22.3. The molecule has 0 unspecified atom stereocenters. The Morgan fingerprint density at radius 3 is 2.50 bits per heavy atom. The molecule has 0 bridgehead atoms. The van der Waals surface area contributed by atoms with E-state index in [4.69, 9.17) is 0 Å². The Morgan fingerprint density at radius 1 is 0.969 bits per heavy atom. The molecule has 6 heteroatoms. The fraction of sp³-hybridized carbons (Fsp3) is 0.269. The normalized spacial score (nSPS) is 16.0. The van der Waals surface area contributed by atoms with Crippen LogP contribution in [0.15, 0.2) is 71.1 Å². The summed E-state index contributed by atoms with van der Waals surface area (Å²) in [5, 5.41) is 1.88. The van der Waals surface area contributed by atoms with Gasteiger partial charge in [0.05, 0.1) is 11.3 Å². The molecule has 164 valence electrons. The van der Waals surface area contributed by atoms with Gasteiger partial charge in [0.15, 0.2) is 0 Å². The van der Waals surface area contributed by atoms with E-state index in [9.17, 15) is 13.2 Å². The number of fused-ring (bicyclic) bond motifs is 2. The molecular weight excluding hydrogens is 420 g/mol. The van der Waals surface area contributed by atoms with Gasteiger partial charge in [-0.25, -0.2) is 8.42 Å². The first-order valence-electron chi connectivity index (χ1n) is 11.0. The number of sulfonamides is 1. The maximum atomic E-state index is 13.1. The monoisotopic (exact) mass is 446 g/mol. The van der Waals surface area contributed by atoms with E-state index in [2.05, 4.69) is 11.6 Å². The molecular formula is C26H26N2O3S. The van der Waals surface area contributed by atoms with Gasteiger partial charge in [0, 0.05) is 18.8 Å². The van der Waals surface area contributed by atoms with Gasteiger partial charge in [0.2, 0.25) is 5.91 Å². The van der Waals surface area contributed by atoms with E-state index >= 15 is 0 Å². The van der Waals surface area contributed by atoms with Crippen LogP contribution in [-0.4, -0.2) is 32.3 Å². The van der Waals surface area contributed by atoms with Crippen LogP contribution < -0.4 is 4.72 Å². The zero-order valence-electron chi connectivity index (χ0n) is 18.1. The van der Waals surface area contributed by atoms with Crippen LogP contribution in [0.2, 0.25) is 0 Å². The predicted octanol–water partition coefficient (Wildman–Crippen LogP) is 4.98. The summed E-state index contributed by atoms with van der Waals surface area (Å²) < 4.78 is 28.8. The van der Waals surface area contributed by atoms with Gasteiger partial charge >= 0.3 is 0 Å². The third kappa shape index (κ3) is 3.91.